The molecule has 1 unspecified atom stereocenters. The molecule has 5 heteroatoms. The molecule has 1 atom stereocenters. The van der Waals surface area contributed by atoms with E-state index in [4.69, 9.17) is 0 Å². The first-order chi connectivity index (χ1) is 9.15. The van der Waals surface area contributed by atoms with Crippen molar-refractivity contribution in [2.75, 3.05) is 5.32 Å². The quantitative estimate of drug-likeness (QED) is 0.917. The van der Waals surface area contributed by atoms with E-state index < -0.39 is 0 Å². The van der Waals surface area contributed by atoms with Crippen LogP contribution in [0.4, 0.5) is 10.2 Å². The van der Waals surface area contributed by atoms with Gasteiger partial charge in [-0.25, -0.2) is 9.37 Å². The Morgan fingerprint density at radius 2 is 2.26 bits per heavy atom. The van der Waals surface area contributed by atoms with E-state index in [1.54, 1.807) is 19.1 Å². The average Bonchev–Trinajstić information content (AvgIpc) is 2.40. The van der Waals surface area contributed by atoms with Gasteiger partial charge < -0.3 is 5.32 Å². The highest BCUT2D eigenvalue weighted by Crippen LogP contribution is 2.12. The van der Waals surface area contributed by atoms with E-state index in [1.807, 2.05) is 0 Å². The van der Waals surface area contributed by atoms with E-state index in [9.17, 15) is 9.18 Å². The van der Waals surface area contributed by atoms with Gasteiger partial charge in [-0.15, -0.1) is 0 Å². The molecule has 1 N–H and O–H groups in total. The fraction of sp³-hybridized carbons (Fsp3) is 0.214. The first-order valence-corrected chi connectivity index (χ1v) is 5.96. The molecular weight excluding hydrogens is 245 g/mol. The molecule has 1 amide bonds. The van der Waals surface area contributed by atoms with Crippen LogP contribution in [0.5, 0.6) is 0 Å². The fourth-order valence-electron chi connectivity index (χ4n) is 1.72. The number of nitrogens with one attached hydrogen (secondary N) is 1. The van der Waals surface area contributed by atoms with Gasteiger partial charge in [-0.3, -0.25) is 9.78 Å². The maximum atomic E-state index is 13.0. The summed E-state index contributed by atoms with van der Waals surface area (Å²) >= 11 is 0. The molecule has 0 fully saturated rings. The Morgan fingerprint density at radius 1 is 1.42 bits per heavy atom. The Morgan fingerprint density at radius 3 is 2.95 bits per heavy atom. The number of rotatable bonds is 4. The fourth-order valence-corrected chi connectivity index (χ4v) is 1.72. The molecule has 2 aromatic rings. The van der Waals surface area contributed by atoms with Crippen LogP contribution in [-0.4, -0.2) is 15.9 Å². The number of hydrogen-bond donors (Lipinski definition) is 1. The highest BCUT2D eigenvalue weighted by atomic mass is 19.1. The number of carbonyl (C=O) groups excluding carboxylic acids is 1. The number of benzene rings is 1. The molecule has 19 heavy (non-hydrogen) atoms. The summed E-state index contributed by atoms with van der Waals surface area (Å²) in [7, 11) is 0. The van der Waals surface area contributed by atoms with Gasteiger partial charge in [-0.05, 0) is 24.1 Å². The van der Waals surface area contributed by atoms with Gasteiger partial charge in [0.2, 0.25) is 5.91 Å². The number of nitrogens with zero attached hydrogens (tertiary/aromatic N) is 2. The van der Waals surface area contributed by atoms with Gasteiger partial charge in [-0.1, -0.05) is 19.1 Å². The van der Waals surface area contributed by atoms with E-state index in [1.165, 1.54) is 30.7 Å². The summed E-state index contributed by atoms with van der Waals surface area (Å²) in [6.07, 6.45) is 5.00. The minimum absolute atomic E-state index is 0.162. The first-order valence-electron chi connectivity index (χ1n) is 5.96. The molecule has 0 saturated carbocycles. The summed E-state index contributed by atoms with van der Waals surface area (Å²) < 4.78 is 13.0. The number of anilines is 1. The molecule has 1 aromatic heterocycles. The molecule has 0 aliphatic carbocycles. The van der Waals surface area contributed by atoms with Crippen LogP contribution >= 0.6 is 0 Å². The number of amides is 1. The normalized spacial score (nSPS) is 11.9. The van der Waals surface area contributed by atoms with Gasteiger partial charge in [0.25, 0.3) is 0 Å². The molecule has 1 heterocycles. The summed E-state index contributed by atoms with van der Waals surface area (Å²) in [6, 6.07) is 6.26. The average molecular weight is 259 g/mol. The van der Waals surface area contributed by atoms with E-state index in [2.05, 4.69) is 15.3 Å². The Hall–Kier alpha value is -2.30. The number of aromatic nitrogens is 2. The summed E-state index contributed by atoms with van der Waals surface area (Å²) in [6.45, 7) is 1.79. The number of halogens is 1. The second-order valence-electron chi connectivity index (χ2n) is 4.31. The molecule has 4 nitrogen and oxygen atoms in total. The van der Waals surface area contributed by atoms with Crippen molar-refractivity contribution in [2.45, 2.75) is 13.3 Å². The van der Waals surface area contributed by atoms with Gasteiger partial charge in [0.1, 0.15) is 5.82 Å². The Balaban J connectivity index is 1.96. The zero-order chi connectivity index (χ0) is 13.7. The molecule has 98 valence electrons. The van der Waals surface area contributed by atoms with Crippen LogP contribution in [0.25, 0.3) is 0 Å². The Kier molecular flexibility index (Phi) is 4.18. The van der Waals surface area contributed by atoms with Crippen LogP contribution in [0, 0.1) is 11.7 Å². The molecule has 0 radical (unpaired) electrons. The smallest absolute Gasteiger partial charge is 0.228 e. The summed E-state index contributed by atoms with van der Waals surface area (Å²) in [5.41, 5.74) is 0.793. The maximum Gasteiger partial charge on any atom is 0.228 e. The standard InChI is InChI=1S/C14H14FN3O/c1-10(7-11-3-2-4-12(15)8-11)14(19)18-13-9-16-5-6-17-13/h2-6,8-10H,7H2,1H3,(H,17,18,19). The highest BCUT2D eigenvalue weighted by Gasteiger charge is 2.14. The van der Waals surface area contributed by atoms with E-state index in [0.717, 1.165) is 5.56 Å². The van der Waals surface area contributed by atoms with Crippen LogP contribution in [0.15, 0.2) is 42.9 Å². The number of hydrogen-bond acceptors (Lipinski definition) is 3. The first kappa shape index (κ1) is 13.1. The third-order valence-electron chi connectivity index (χ3n) is 2.69. The van der Waals surface area contributed by atoms with E-state index in [0.29, 0.717) is 12.2 Å². The second kappa shape index (κ2) is 6.04. The van der Waals surface area contributed by atoms with Crippen LogP contribution < -0.4 is 5.32 Å². The summed E-state index contributed by atoms with van der Waals surface area (Å²) in [5, 5.41) is 2.67. The molecule has 0 aliphatic heterocycles. The Labute approximate surface area is 110 Å². The van der Waals surface area contributed by atoms with Crippen LogP contribution in [0.1, 0.15) is 12.5 Å². The van der Waals surface area contributed by atoms with Crippen LogP contribution in [0.3, 0.4) is 0 Å². The third kappa shape index (κ3) is 3.84. The lowest BCUT2D eigenvalue weighted by Crippen LogP contribution is -2.22. The molecule has 2 rings (SSSR count). The minimum atomic E-state index is -0.293. The van der Waals surface area contributed by atoms with Crippen molar-refractivity contribution in [3.8, 4) is 0 Å². The van der Waals surface area contributed by atoms with Crippen LogP contribution in [-0.2, 0) is 11.2 Å². The predicted octanol–water partition coefficient (Wildman–Crippen LogP) is 2.43. The molecule has 0 spiro atoms. The topological polar surface area (TPSA) is 54.9 Å². The van der Waals surface area contributed by atoms with Gasteiger partial charge in [0.15, 0.2) is 5.82 Å². The van der Waals surface area contributed by atoms with Gasteiger partial charge in [-0.2, -0.15) is 0 Å². The molecule has 0 bridgehead atoms. The SMILES string of the molecule is CC(Cc1cccc(F)c1)C(=O)Nc1cnccn1. The van der Waals surface area contributed by atoms with Gasteiger partial charge in [0.05, 0.1) is 6.20 Å². The molecule has 0 aliphatic rings. The zero-order valence-electron chi connectivity index (χ0n) is 10.5. The molecule has 1 aromatic carbocycles. The van der Waals surface area contributed by atoms with Gasteiger partial charge in [0, 0.05) is 18.3 Å². The lowest BCUT2D eigenvalue weighted by molar-refractivity contribution is -0.119. The minimum Gasteiger partial charge on any atom is -0.309 e. The lowest BCUT2D eigenvalue weighted by atomic mass is 10.0. The van der Waals surface area contributed by atoms with Crippen molar-refractivity contribution in [3.05, 3.63) is 54.2 Å². The van der Waals surface area contributed by atoms with Crippen molar-refractivity contribution in [1.82, 2.24) is 9.97 Å². The predicted molar refractivity (Wildman–Crippen MR) is 69.9 cm³/mol. The lowest BCUT2D eigenvalue weighted by Gasteiger charge is -2.11. The third-order valence-corrected chi connectivity index (χ3v) is 2.69. The largest absolute Gasteiger partial charge is 0.309 e. The molecular formula is C14H14FN3O. The summed E-state index contributed by atoms with van der Waals surface area (Å²) in [5.74, 6) is -0.314. The highest BCUT2D eigenvalue weighted by molar-refractivity contribution is 5.91. The number of carbonyl (C=O) groups is 1. The van der Waals surface area contributed by atoms with Crippen molar-refractivity contribution < 1.29 is 9.18 Å². The Bertz CT molecular complexity index is 560. The second-order valence-corrected chi connectivity index (χ2v) is 4.31. The maximum absolute atomic E-state index is 13.0. The van der Waals surface area contributed by atoms with Crippen molar-refractivity contribution in [1.29, 1.82) is 0 Å². The van der Waals surface area contributed by atoms with Crippen molar-refractivity contribution in [3.63, 3.8) is 0 Å². The van der Waals surface area contributed by atoms with E-state index >= 15 is 0 Å². The van der Waals surface area contributed by atoms with Crippen LogP contribution in [0.2, 0.25) is 0 Å². The van der Waals surface area contributed by atoms with Gasteiger partial charge >= 0.3 is 0 Å². The summed E-state index contributed by atoms with van der Waals surface area (Å²) in [4.78, 5) is 19.8. The molecule has 0 saturated heterocycles. The zero-order valence-corrected chi connectivity index (χ0v) is 10.5. The van der Waals surface area contributed by atoms with Crippen molar-refractivity contribution in [2.24, 2.45) is 5.92 Å². The van der Waals surface area contributed by atoms with E-state index in [-0.39, 0.29) is 17.6 Å². The monoisotopic (exact) mass is 259 g/mol. The van der Waals surface area contributed by atoms with Crippen molar-refractivity contribution >= 4 is 11.7 Å².